The van der Waals surface area contributed by atoms with Crippen molar-refractivity contribution >= 4 is 52.8 Å². The van der Waals surface area contributed by atoms with Gasteiger partial charge in [0.05, 0.1) is 37.1 Å². The Morgan fingerprint density at radius 3 is 2.75 bits per heavy atom. The van der Waals surface area contributed by atoms with Crippen molar-refractivity contribution in [2.24, 2.45) is 0 Å². The number of aliphatic hydroxyl groups is 3. The molecule has 2 fully saturated rings. The van der Waals surface area contributed by atoms with Crippen molar-refractivity contribution in [3.05, 3.63) is 35.3 Å². The molecular weight excluding hydrogens is 569 g/mol. The molecule has 214 valence electrons. The molecule has 8 atom stereocenters. The van der Waals surface area contributed by atoms with Gasteiger partial charge in [0.2, 0.25) is 5.95 Å². The summed E-state index contributed by atoms with van der Waals surface area (Å²) in [7, 11) is 0. The fraction of sp³-hybridized carbons (Fsp3) is 0.476. The predicted molar refractivity (Wildman–Crippen MR) is 142 cm³/mol. The fourth-order valence-corrected chi connectivity index (χ4v) is 7.72. The molecule has 6 rings (SSSR count). The monoisotopic (exact) mass is 595 g/mol. The number of imidazole rings is 1. The number of anilines is 2. The number of aromatic amines is 1. The third-order valence-corrected chi connectivity index (χ3v) is 10.1. The van der Waals surface area contributed by atoms with Gasteiger partial charge in [-0.2, -0.15) is 4.98 Å². The van der Waals surface area contributed by atoms with Gasteiger partial charge in [-0.25, -0.2) is 15.0 Å². The van der Waals surface area contributed by atoms with Crippen LogP contribution in [0.15, 0.2) is 29.7 Å². The molecule has 4 aromatic heterocycles. The van der Waals surface area contributed by atoms with E-state index in [4.69, 9.17) is 25.5 Å². The predicted octanol–water partition coefficient (Wildman–Crippen LogP) is -0.864. The van der Waals surface area contributed by atoms with Crippen LogP contribution in [0.3, 0.4) is 0 Å². The molecule has 0 amide bonds. The second-order valence-corrected chi connectivity index (χ2v) is 13.2. The summed E-state index contributed by atoms with van der Waals surface area (Å²) in [6.07, 6.45) is -1.93. The Labute approximate surface area is 229 Å². The number of ether oxygens (including phenoxy) is 2. The number of rotatable bonds is 7. The van der Waals surface area contributed by atoms with Crippen LogP contribution in [-0.4, -0.2) is 92.7 Å². The zero-order chi connectivity index (χ0) is 28.3. The number of hydrogen-bond acceptors (Lipinski definition) is 14. The Kier molecular flexibility index (Phi) is 6.82. The molecule has 6 heterocycles. The van der Waals surface area contributed by atoms with Gasteiger partial charge in [0.25, 0.3) is 12.1 Å². The molecule has 2 saturated heterocycles. The van der Waals surface area contributed by atoms with E-state index in [1.807, 2.05) is 0 Å². The lowest BCUT2D eigenvalue weighted by Gasteiger charge is -2.27. The zero-order valence-corrected chi connectivity index (χ0v) is 22.4. The largest absolute Gasteiger partial charge is 0.394 e. The van der Waals surface area contributed by atoms with Gasteiger partial charge in [0.1, 0.15) is 41.9 Å². The van der Waals surface area contributed by atoms with E-state index in [2.05, 4.69) is 37.2 Å². The van der Waals surface area contributed by atoms with Gasteiger partial charge >= 0.3 is 0 Å². The first-order valence-corrected chi connectivity index (χ1v) is 15.0. The second kappa shape index (κ2) is 10.1. The standard InChI is InChI=1S/C21H26N9O8PS/c22-16-8-1-2-29(17(8)25-6-24-16)12-3-9(32)11(37-12)5-36-39(35,40)15-14(33)10(4-31)38-20(15)30-7-26-13-18(30)27-21(23)28-19(13)34/h1-2,6-7,9-12,14-15,20,31-33H,3-5H2,(H,35,40)(H2,22,24,25)(H3,23,27,28,34)/t9-,10?,11?,12+,14+,15+,20+,39+/m0/s1. The van der Waals surface area contributed by atoms with E-state index in [0.717, 1.165) is 0 Å². The second-order valence-electron chi connectivity index (χ2n) is 9.52. The normalized spacial score (nSPS) is 30.4. The smallest absolute Gasteiger partial charge is 0.280 e. The van der Waals surface area contributed by atoms with Crippen LogP contribution in [0.1, 0.15) is 18.9 Å². The van der Waals surface area contributed by atoms with E-state index in [-0.39, 0.29) is 30.1 Å². The maximum absolute atomic E-state index is 13.8. The van der Waals surface area contributed by atoms with Gasteiger partial charge in [-0.1, -0.05) is 12.2 Å². The number of thiol groups is 1. The highest BCUT2D eigenvalue weighted by Crippen LogP contribution is 2.63. The Balaban J connectivity index is 1.23. The first-order valence-electron chi connectivity index (χ1n) is 12.1. The fourth-order valence-electron chi connectivity index (χ4n) is 5.12. The minimum absolute atomic E-state index is 0.0103. The molecule has 8 N–H and O–H groups in total. The van der Waals surface area contributed by atoms with Crippen molar-refractivity contribution in [2.45, 2.75) is 49.0 Å². The molecule has 17 nitrogen and oxygen atoms in total. The van der Waals surface area contributed by atoms with Crippen LogP contribution >= 0.6 is 18.8 Å². The summed E-state index contributed by atoms with van der Waals surface area (Å²) in [5.41, 5.74) is 10.1. The van der Waals surface area contributed by atoms with Gasteiger partial charge in [-0.05, 0) is 6.07 Å². The average Bonchev–Trinajstić information content (AvgIpc) is 3.67. The number of nitrogens with zero attached hydrogens (tertiary/aromatic N) is 6. The summed E-state index contributed by atoms with van der Waals surface area (Å²) >= 11 is 4.28. The van der Waals surface area contributed by atoms with Crippen LogP contribution in [0, 0.1) is 0 Å². The van der Waals surface area contributed by atoms with Crippen LogP contribution in [0.25, 0.3) is 22.2 Å². The molecule has 0 radical (unpaired) electrons. The van der Waals surface area contributed by atoms with Gasteiger partial charge < -0.3 is 45.4 Å². The maximum atomic E-state index is 13.8. The third kappa shape index (κ3) is 4.46. The zero-order valence-electron chi connectivity index (χ0n) is 20.6. The van der Waals surface area contributed by atoms with Gasteiger partial charge in [-0.15, -0.1) is 0 Å². The molecule has 2 unspecified atom stereocenters. The molecule has 0 bridgehead atoms. The molecule has 0 saturated carbocycles. The highest BCUT2D eigenvalue weighted by Gasteiger charge is 2.54. The number of aromatic nitrogens is 7. The van der Waals surface area contributed by atoms with Gasteiger partial charge in [0, 0.05) is 12.6 Å². The van der Waals surface area contributed by atoms with Crippen molar-refractivity contribution < 1.29 is 33.9 Å². The van der Waals surface area contributed by atoms with E-state index < -0.39 is 61.3 Å². The van der Waals surface area contributed by atoms with Crippen LogP contribution in [0.4, 0.5) is 11.8 Å². The summed E-state index contributed by atoms with van der Waals surface area (Å²) in [5.74, 6) is 0.115. The van der Waals surface area contributed by atoms with Crippen LogP contribution in [0.2, 0.25) is 0 Å². The summed E-state index contributed by atoms with van der Waals surface area (Å²) in [5, 5.41) is 32.0. The molecule has 40 heavy (non-hydrogen) atoms. The van der Waals surface area contributed by atoms with Gasteiger partial charge in [0.15, 0.2) is 17.4 Å². The average molecular weight is 596 g/mol. The van der Waals surface area contributed by atoms with E-state index in [0.29, 0.717) is 16.9 Å². The van der Waals surface area contributed by atoms with E-state index >= 15 is 0 Å². The van der Waals surface area contributed by atoms with Crippen LogP contribution < -0.4 is 17.0 Å². The highest BCUT2D eigenvalue weighted by molar-refractivity contribution is 8.46. The van der Waals surface area contributed by atoms with Crippen molar-refractivity contribution in [2.75, 3.05) is 24.7 Å². The molecule has 0 aliphatic carbocycles. The topological polar surface area (TPSA) is 252 Å². The summed E-state index contributed by atoms with van der Waals surface area (Å²) in [4.78, 5) is 30.9. The molecular formula is C21H26N9O8PS. The first-order chi connectivity index (χ1) is 19.1. The summed E-state index contributed by atoms with van der Waals surface area (Å²) in [6, 6.07) is 1.74. The molecule has 4 aromatic rings. The van der Waals surface area contributed by atoms with E-state index in [9.17, 15) is 24.7 Å². The van der Waals surface area contributed by atoms with Crippen LogP contribution in [-0.2, 0) is 18.6 Å². The Bertz CT molecular complexity index is 1680. The lowest BCUT2D eigenvalue weighted by Crippen LogP contribution is -2.34. The van der Waals surface area contributed by atoms with Crippen molar-refractivity contribution in [1.29, 1.82) is 0 Å². The number of nitrogen functional groups attached to an aromatic ring is 2. The van der Waals surface area contributed by atoms with Crippen molar-refractivity contribution in [1.82, 2.24) is 34.1 Å². The van der Waals surface area contributed by atoms with E-state index in [1.54, 1.807) is 16.8 Å². The van der Waals surface area contributed by atoms with Crippen molar-refractivity contribution in [3.63, 3.8) is 0 Å². The first kappa shape index (κ1) is 27.1. The number of nitrogens with two attached hydrogens (primary N) is 2. The Morgan fingerprint density at radius 2 is 1.98 bits per heavy atom. The summed E-state index contributed by atoms with van der Waals surface area (Å²) in [6.45, 7) is -5.02. The lowest BCUT2D eigenvalue weighted by molar-refractivity contribution is -0.0436. The Morgan fingerprint density at radius 1 is 1.18 bits per heavy atom. The van der Waals surface area contributed by atoms with Gasteiger partial charge in [-0.3, -0.25) is 18.9 Å². The minimum atomic E-state index is -4.07. The third-order valence-electron chi connectivity index (χ3n) is 7.10. The molecule has 0 spiro atoms. The quantitative estimate of drug-likeness (QED) is 0.101. The van der Waals surface area contributed by atoms with Crippen LogP contribution in [0.5, 0.6) is 0 Å². The molecule has 0 aromatic carbocycles. The number of fused-ring (bicyclic) bond motifs is 2. The van der Waals surface area contributed by atoms with E-state index in [1.165, 1.54) is 17.2 Å². The highest BCUT2D eigenvalue weighted by atomic mass is 32.7. The molecule has 2 aliphatic rings. The SMILES string of the molecule is Nc1nc2c(ncn2[C@@H]2OC(CO)[C@@H](O)[C@H]2[P@](=O)(S)OCC2O[C@@H](n3ccc4c(N)ncnc43)C[C@@H]2O)c(=O)[nH]1. The number of aliphatic hydroxyl groups excluding tert-OH is 3. The lowest BCUT2D eigenvalue weighted by atomic mass is 10.2. The number of nitrogens with one attached hydrogen (secondary N) is 1. The Hall–Kier alpha value is -3.09. The van der Waals surface area contributed by atoms with Crippen molar-refractivity contribution in [3.8, 4) is 0 Å². The number of H-pyrrole nitrogens is 1. The minimum Gasteiger partial charge on any atom is -0.394 e. The number of hydrogen-bond donors (Lipinski definition) is 7. The summed E-state index contributed by atoms with van der Waals surface area (Å²) < 4.78 is 34.3. The molecule has 2 aliphatic heterocycles. The molecule has 19 heteroatoms. The maximum Gasteiger partial charge on any atom is 0.280 e.